The molecule has 5 rings (SSSR count). The van der Waals surface area contributed by atoms with E-state index in [1.807, 2.05) is 60.7 Å². The molecule has 1 aromatic heterocycles. The van der Waals surface area contributed by atoms with Gasteiger partial charge in [-0.05, 0) is 36.4 Å². The van der Waals surface area contributed by atoms with E-state index in [4.69, 9.17) is 4.42 Å². The largest absolute Gasteiger partial charge is 0.506 e. The number of aromatic hydroxyl groups is 1. The van der Waals surface area contributed by atoms with Gasteiger partial charge in [0.25, 0.3) is 0 Å². The van der Waals surface area contributed by atoms with Crippen molar-refractivity contribution in [3.05, 3.63) is 66.7 Å². The minimum atomic E-state index is -0.0295. The third kappa shape index (κ3) is 3.57. The van der Waals surface area contributed by atoms with Gasteiger partial charge in [-0.25, -0.2) is 0 Å². The van der Waals surface area contributed by atoms with Crippen molar-refractivity contribution in [1.82, 2.24) is 4.90 Å². The van der Waals surface area contributed by atoms with Gasteiger partial charge in [0.05, 0.1) is 12.2 Å². The molecule has 1 aliphatic rings. The third-order valence-electron chi connectivity index (χ3n) is 5.62. The number of hydrogen-bond donors (Lipinski definition) is 2. The number of amides is 1. The first-order valence-corrected chi connectivity index (χ1v) is 10.1. The van der Waals surface area contributed by atoms with Crippen LogP contribution in [0.2, 0.25) is 0 Å². The Morgan fingerprint density at radius 1 is 0.900 bits per heavy atom. The molecule has 0 atom stereocenters. The number of furan rings is 1. The molecule has 1 fully saturated rings. The number of hydrogen-bond acceptors (Lipinski definition) is 5. The quantitative estimate of drug-likeness (QED) is 0.540. The molecule has 4 aromatic rings. The molecule has 0 saturated carbocycles. The molecule has 0 bridgehead atoms. The molecule has 6 heteroatoms. The Hall–Kier alpha value is -3.51. The van der Waals surface area contributed by atoms with Gasteiger partial charge in [0.2, 0.25) is 5.91 Å². The molecule has 0 unspecified atom stereocenters. The van der Waals surface area contributed by atoms with E-state index in [1.165, 1.54) is 0 Å². The van der Waals surface area contributed by atoms with Crippen LogP contribution in [0.4, 0.5) is 11.4 Å². The molecule has 0 aliphatic carbocycles. The van der Waals surface area contributed by atoms with Crippen molar-refractivity contribution in [2.75, 3.05) is 42.9 Å². The van der Waals surface area contributed by atoms with Crippen LogP contribution in [0.1, 0.15) is 0 Å². The van der Waals surface area contributed by atoms with E-state index in [0.717, 1.165) is 59.5 Å². The van der Waals surface area contributed by atoms with E-state index in [1.54, 1.807) is 6.07 Å². The van der Waals surface area contributed by atoms with Crippen LogP contribution >= 0.6 is 0 Å². The normalized spacial score (nSPS) is 15.0. The van der Waals surface area contributed by atoms with Gasteiger partial charge in [-0.1, -0.05) is 30.3 Å². The van der Waals surface area contributed by atoms with Crippen molar-refractivity contribution in [3.8, 4) is 5.75 Å². The number of phenolic OH excluding ortho intramolecular Hbond substituents is 1. The predicted molar refractivity (Wildman–Crippen MR) is 119 cm³/mol. The lowest BCUT2D eigenvalue weighted by Crippen LogP contribution is -2.48. The van der Waals surface area contributed by atoms with E-state index in [9.17, 15) is 9.90 Å². The third-order valence-corrected chi connectivity index (χ3v) is 5.62. The molecule has 1 amide bonds. The summed E-state index contributed by atoms with van der Waals surface area (Å²) in [5.41, 5.74) is 3.28. The van der Waals surface area contributed by atoms with E-state index >= 15 is 0 Å². The van der Waals surface area contributed by atoms with Gasteiger partial charge in [0, 0.05) is 42.6 Å². The molecule has 3 aromatic carbocycles. The summed E-state index contributed by atoms with van der Waals surface area (Å²) >= 11 is 0. The van der Waals surface area contributed by atoms with Gasteiger partial charge in [-0.3, -0.25) is 9.69 Å². The fourth-order valence-corrected chi connectivity index (χ4v) is 4.09. The summed E-state index contributed by atoms with van der Waals surface area (Å²) in [4.78, 5) is 16.9. The highest BCUT2D eigenvalue weighted by Gasteiger charge is 2.21. The predicted octanol–water partition coefficient (Wildman–Crippen LogP) is 4.05. The number of nitrogens with zero attached hydrogens (tertiary/aromatic N) is 2. The van der Waals surface area contributed by atoms with Gasteiger partial charge in [0.15, 0.2) is 0 Å². The maximum Gasteiger partial charge on any atom is 0.238 e. The minimum Gasteiger partial charge on any atom is -0.506 e. The van der Waals surface area contributed by atoms with Gasteiger partial charge in [-0.15, -0.1) is 0 Å². The van der Waals surface area contributed by atoms with Gasteiger partial charge in [-0.2, -0.15) is 0 Å². The standard InChI is InChI=1S/C24H23N3O3/c28-21-7-3-2-6-20(21)27-13-11-26(12-14-27)16-24(29)25-17-9-10-23-19(15-17)18-5-1-4-8-22(18)30-23/h1-10,15,28H,11-14,16H2,(H,25,29). The second-order valence-corrected chi connectivity index (χ2v) is 7.61. The molecule has 2 heterocycles. The summed E-state index contributed by atoms with van der Waals surface area (Å²) in [5, 5.41) is 15.1. The van der Waals surface area contributed by atoms with Crippen LogP contribution in [0.5, 0.6) is 5.75 Å². The first-order valence-electron chi connectivity index (χ1n) is 10.1. The van der Waals surface area contributed by atoms with E-state index in [0.29, 0.717) is 12.3 Å². The van der Waals surface area contributed by atoms with Crippen LogP contribution in [0.15, 0.2) is 71.1 Å². The van der Waals surface area contributed by atoms with E-state index < -0.39 is 0 Å². The number of rotatable bonds is 4. The van der Waals surface area contributed by atoms with Crippen LogP contribution < -0.4 is 10.2 Å². The lowest BCUT2D eigenvalue weighted by molar-refractivity contribution is -0.117. The number of piperazine rings is 1. The summed E-state index contributed by atoms with van der Waals surface area (Å²) in [6.07, 6.45) is 0. The average Bonchev–Trinajstić information content (AvgIpc) is 3.13. The number of anilines is 2. The molecule has 152 valence electrons. The van der Waals surface area contributed by atoms with Crippen LogP contribution in [0, 0.1) is 0 Å². The van der Waals surface area contributed by atoms with Crippen LogP contribution in [-0.4, -0.2) is 48.6 Å². The number of carbonyl (C=O) groups is 1. The smallest absolute Gasteiger partial charge is 0.238 e. The Kier molecular flexibility index (Phi) is 4.77. The molecular weight excluding hydrogens is 378 g/mol. The lowest BCUT2D eigenvalue weighted by atomic mass is 10.1. The van der Waals surface area contributed by atoms with Crippen molar-refractivity contribution in [2.24, 2.45) is 0 Å². The SMILES string of the molecule is O=C(CN1CCN(c2ccccc2O)CC1)Nc1ccc2oc3ccccc3c2c1. The zero-order valence-corrected chi connectivity index (χ0v) is 16.5. The Morgan fingerprint density at radius 3 is 2.47 bits per heavy atom. The number of phenols is 1. The molecule has 6 nitrogen and oxygen atoms in total. The molecule has 0 spiro atoms. The Labute approximate surface area is 174 Å². The monoisotopic (exact) mass is 401 g/mol. The zero-order chi connectivity index (χ0) is 20.5. The molecule has 1 saturated heterocycles. The number of fused-ring (bicyclic) bond motifs is 3. The van der Waals surface area contributed by atoms with E-state index in [2.05, 4.69) is 15.1 Å². The maximum atomic E-state index is 12.6. The first kappa shape index (κ1) is 18.5. The highest BCUT2D eigenvalue weighted by molar-refractivity contribution is 6.07. The average molecular weight is 401 g/mol. The summed E-state index contributed by atoms with van der Waals surface area (Å²) in [7, 11) is 0. The molecule has 2 N–H and O–H groups in total. The summed E-state index contributed by atoms with van der Waals surface area (Å²) < 4.78 is 5.85. The molecule has 1 aliphatic heterocycles. The van der Waals surface area contributed by atoms with Gasteiger partial charge in [0.1, 0.15) is 16.9 Å². The minimum absolute atomic E-state index is 0.0295. The van der Waals surface area contributed by atoms with E-state index in [-0.39, 0.29) is 5.91 Å². The highest BCUT2D eigenvalue weighted by Crippen LogP contribution is 2.30. The second-order valence-electron chi connectivity index (χ2n) is 7.61. The maximum absolute atomic E-state index is 12.6. The fraction of sp³-hybridized carbons (Fsp3) is 0.208. The molecule has 30 heavy (non-hydrogen) atoms. The topological polar surface area (TPSA) is 69.0 Å². The van der Waals surface area contributed by atoms with Crippen molar-refractivity contribution >= 4 is 39.2 Å². The van der Waals surface area contributed by atoms with Crippen molar-refractivity contribution < 1.29 is 14.3 Å². The van der Waals surface area contributed by atoms with Crippen LogP contribution in [0.3, 0.4) is 0 Å². The number of carbonyl (C=O) groups excluding carboxylic acids is 1. The number of benzene rings is 3. The number of nitrogens with one attached hydrogen (secondary N) is 1. The van der Waals surface area contributed by atoms with Crippen molar-refractivity contribution in [2.45, 2.75) is 0 Å². The summed E-state index contributed by atoms with van der Waals surface area (Å²) in [6, 6.07) is 21.0. The summed E-state index contributed by atoms with van der Waals surface area (Å²) in [5.74, 6) is 0.268. The lowest BCUT2D eigenvalue weighted by Gasteiger charge is -2.35. The van der Waals surface area contributed by atoms with Crippen LogP contribution in [-0.2, 0) is 4.79 Å². The van der Waals surface area contributed by atoms with Crippen molar-refractivity contribution in [1.29, 1.82) is 0 Å². The van der Waals surface area contributed by atoms with Crippen LogP contribution in [0.25, 0.3) is 21.9 Å². The summed E-state index contributed by atoms with van der Waals surface area (Å²) in [6.45, 7) is 3.44. The molecular formula is C24H23N3O3. The zero-order valence-electron chi connectivity index (χ0n) is 16.5. The number of para-hydroxylation sites is 3. The Bertz CT molecular complexity index is 1210. The molecule has 0 radical (unpaired) electrons. The fourth-order valence-electron chi connectivity index (χ4n) is 4.09. The first-order chi connectivity index (χ1) is 14.7. The van der Waals surface area contributed by atoms with Gasteiger partial charge < -0.3 is 19.7 Å². The van der Waals surface area contributed by atoms with Gasteiger partial charge >= 0.3 is 0 Å². The Balaban J connectivity index is 1.21. The Morgan fingerprint density at radius 2 is 1.63 bits per heavy atom. The highest BCUT2D eigenvalue weighted by atomic mass is 16.3. The second kappa shape index (κ2) is 7.72. The van der Waals surface area contributed by atoms with Crippen molar-refractivity contribution in [3.63, 3.8) is 0 Å².